The first-order valence-corrected chi connectivity index (χ1v) is 9.89. The van der Waals surface area contributed by atoms with E-state index >= 15 is 0 Å². The zero-order valence-electron chi connectivity index (χ0n) is 16.7. The maximum Gasteiger partial charge on any atom is 1.00 e. The second kappa shape index (κ2) is 8.60. The normalized spacial score (nSPS) is 23.7. The largest absolute Gasteiger partial charge is 1.00 e. The minimum absolute atomic E-state index is 0. The summed E-state index contributed by atoms with van der Waals surface area (Å²) in [5.41, 5.74) is 0.897. The molecule has 0 radical (unpaired) electrons. The summed E-state index contributed by atoms with van der Waals surface area (Å²) in [7, 11) is 0. The monoisotopic (exact) mass is 451 g/mol. The number of hydrogen-bond donors (Lipinski definition) is 1. The predicted molar refractivity (Wildman–Crippen MR) is 103 cm³/mol. The van der Waals surface area contributed by atoms with Crippen LogP contribution in [0, 0.1) is 0 Å². The fourth-order valence-electron chi connectivity index (χ4n) is 3.83. The summed E-state index contributed by atoms with van der Waals surface area (Å²) >= 11 is 1.27. The number of nitrogens with zero attached hydrogens (tertiary/aromatic N) is 2. The van der Waals surface area contributed by atoms with Gasteiger partial charge in [0.2, 0.25) is 5.91 Å². The van der Waals surface area contributed by atoms with Gasteiger partial charge in [-0.2, -0.15) is 0 Å². The van der Waals surface area contributed by atoms with Gasteiger partial charge in [-0.15, -0.1) is 11.8 Å². The van der Waals surface area contributed by atoms with Crippen molar-refractivity contribution in [2.75, 3.05) is 0 Å². The Morgan fingerprint density at radius 1 is 1.10 bits per heavy atom. The van der Waals surface area contributed by atoms with Crippen LogP contribution in [0.5, 0.6) is 0 Å². The first-order valence-electron chi connectivity index (χ1n) is 9.01. The van der Waals surface area contributed by atoms with Crippen molar-refractivity contribution >= 4 is 35.3 Å². The van der Waals surface area contributed by atoms with E-state index in [1.165, 1.54) is 22.7 Å². The molecule has 150 valence electrons. The van der Waals surface area contributed by atoms with Gasteiger partial charge in [0.25, 0.3) is 11.7 Å². The number of benzene rings is 1. The maximum atomic E-state index is 12.7. The number of ketones is 1. The number of thioether (sulfide) groups is 1. The summed E-state index contributed by atoms with van der Waals surface area (Å²) in [6.07, 6.45) is 1.67. The van der Waals surface area contributed by atoms with Crippen LogP contribution in [0.4, 0.5) is 0 Å². The van der Waals surface area contributed by atoms with E-state index in [1.807, 2.05) is 18.2 Å². The number of fused-ring (bicyclic) bond motifs is 1. The second-order valence-corrected chi connectivity index (χ2v) is 9.23. The Hall–Kier alpha value is -1.43. The van der Waals surface area contributed by atoms with Crippen LogP contribution in [-0.2, 0) is 14.4 Å². The minimum atomic E-state index is -1.33. The SMILES string of the molecule is CC1(C)S[C@@H]2[C@H](NC(=O)C(=O)c3cccn3-c3ccccc3)C(=O)N2[C@H]1C(=O)[O-].[K+]. The van der Waals surface area contributed by atoms with Crippen LogP contribution >= 0.6 is 11.8 Å². The average Bonchev–Trinajstić information content (AvgIpc) is 3.26. The van der Waals surface area contributed by atoms with Crippen LogP contribution in [0.3, 0.4) is 0 Å². The van der Waals surface area contributed by atoms with E-state index in [0.717, 1.165) is 5.69 Å². The van der Waals surface area contributed by atoms with Crippen molar-refractivity contribution in [3.63, 3.8) is 0 Å². The molecule has 3 heterocycles. The number of carboxylic acids is 1. The molecule has 0 unspecified atom stereocenters. The number of carbonyl (C=O) groups is 4. The number of β-lactam (4-membered cyclic amide) rings is 1. The molecule has 0 saturated carbocycles. The molecule has 2 aliphatic heterocycles. The van der Waals surface area contributed by atoms with Gasteiger partial charge in [0.05, 0.1) is 17.7 Å². The van der Waals surface area contributed by atoms with Gasteiger partial charge in [0, 0.05) is 16.6 Å². The molecule has 2 amide bonds. The van der Waals surface area contributed by atoms with Crippen molar-refractivity contribution in [1.29, 1.82) is 0 Å². The maximum absolute atomic E-state index is 12.7. The zero-order valence-corrected chi connectivity index (χ0v) is 20.6. The summed E-state index contributed by atoms with van der Waals surface area (Å²) in [4.78, 5) is 50.4. The third-order valence-corrected chi connectivity index (χ3v) is 6.74. The van der Waals surface area contributed by atoms with Crippen LogP contribution in [-0.4, -0.2) is 55.2 Å². The number of amides is 2. The number of carbonyl (C=O) groups excluding carboxylic acids is 4. The van der Waals surface area contributed by atoms with E-state index in [-0.39, 0.29) is 57.1 Å². The fourth-order valence-corrected chi connectivity index (χ4v) is 5.45. The van der Waals surface area contributed by atoms with Crippen LogP contribution in [0.1, 0.15) is 24.3 Å². The Bertz CT molecular complexity index is 1020. The van der Waals surface area contributed by atoms with E-state index in [1.54, 1.807) is 42.8 Å². The molecule has 0 aliphatic carbocycles. The van der Waals surface area contributed by atoms with Crippen LogP contribution in [0.2, 0.25) is 0 Å². The summed E-state index contributed by atoms with van der Waals surface area (Å²) in [5, 5.41) is 13.4. The van der Waals surface area contributed by atoms with Gasteiger partial charge in [-0.3, -0.25) is 14.4 Å². The Morgan fingerprint density at radius 2 is 1.77 bits per heavy atom. The Kier molecular flexibility index (Phi) is 6.66. The van der Waals surface area contributed by atoms with Crippen LogP contribution in [0.25, 0.3) is 5.69 Å². The van der Waals surface area contributed by atoms with E-state index < -0.39 is 45.8 Å². The van der Waals surface area contributed by atoms with Gasteiger partial charge >= 0.3 is 51.4 Å². The van der Waals surface area contributed by atoms with Gasteiger partial charge in [-0.1, -0.05) is 18.2 Å². The number of para-hydroxylation sites is 1. The molecule has 3 atom stereocenters. The van der Waals surface area contributed by atoms with Gasteiger partial charge < -0.3 is 24.7 Å². The molecule has 0 bridgehead atoms. The summed E-state index contributed by atoms with van der Waals surface area (Å²) in [5.74, 6) is -3.54. The minimum Gasteiger partial charge on any atom is -0.548 e. The summed E-state index contributed by atoms with van der Waals surface area (Å²) in [6, 6.07) is 10.3. The molecular weight excluding hydrogens is 433 g/mol. The smallest absolute Gasteiger partial charge is 0.548 e. The molecular formula is C20H18KN3O5S. The number of Topliss-reactive ketones (excluding diaryl/α,β-unsaturated/α-hetero) is 1. The number of carboxylic acid groups (broad SMARTS) is 1. The van der Waals surface area contributed by atoms with Gasteiger partial charge in [0.1, 0.15) is 11.4 Å². The number of nitrogens with one attached hydrogen (secondary N) is 1. The van der Waals surface area contributed by atoms with E-state index in [2.05, 4.69) is 5.32 Å². The van der Waals surface area contributed by atoms with Crippen molar-refractivity contribution in [3.05, 3.63) is 54.4 Å². The molecule has 0 spiro atoms. The first-order chi connectivity index (χ1) is 13.7. The molecule has 2 saturated heterocycles. The molecule has 2 fully saturated rings. The topological polar surface area (TPSA) is 112 Å². The third kappa shape index (κ3) is 3.80. The van der Waals surface area contributed by atoms with Crippen molar-refractivity contribution in [3.8, 4) is 5.69 Å². The molecule has 1 aromatic heterocycles. The molecule has 4 rings (SSSR count). The Balaban J connectivity index is 0.00000256. The number of aliphatic carboxylic acids is 1. The zero-order chi connectivity index (χ0) is 20.9. The fraction of sp³-hybridized carbons (Fsp3) is 0.300. The van der Waals surface area contributed by atoms with Crippen LogP contribution < -0.4 is 61.8 Å². The molecule has 2 aromatic rings. The van der Waals surface area contributed by atoms with Crippen LogP contribution in [0.15, 0.2) is 48.7 Å². The van der Waals surface area contributed by atoms with E-state index in [9.17, 15) is 24.3 Å². The van der Waals surface area contributed by atoms with Gasteiger partial charge in [-0.05, 0) is 38.1 Å². The van der Waals surface area contributed by atoms with E-state index in [0.29, 0.717) is 0 Å². The van der Waals surface area contributed by atoms with E-state index in [4.69, 9.17) is 0 Å². The average molecular weight is 452 g/mol. The standard InChI is InChI=1S/C20H19N3O5S.K/c1-20(2)15(19(27)28)23-17(26)13(18(23)29-20)21-16(25)14(24)12-9-6-10-22(12)11-7-4-3-5-8-11;/h3-10,13,15,18H,1-2H3,(H,21,25)(H,27,28);/q;+1/p-1/t13-,15+,18-;/m1./s1. The quantitative estimate of drug-likeness (QED) is 0.224. The first kappa shape index (κ1) is 23.2. The number of rotatable bonds is 5. The Morgan fingerprint density at radius 3 is 2.40 bits per heavy atom. The van der Waals surface area contributed by atoms with Crippen molar-refractivity contribution in [1.82, 2.24) is 14.8 Å². The summed E-state index contributed by atoms with van der Waals surface area (Å²) < 4.78 is 0.834. The number of hydrogen-bond acceptors (Lipinski definition) is 6. The molecule has 2 aliphatic rings. The molecule has 1 N–H and O–H groups in total. The second-order valence-electron chi connectivity index (χ2n) is 7.46. The van der Waals surface area contributed by atoms with Gasteiger partial charge in [0.15, 0.2) is 0 Å². The third-order valence-electron chi connectivity index (χ3n) is 5.17. The summed E-state index contributed by atoms with van der Waals surface area (Å²) in [6.45, 7) is 3.42. The number of aromatic nitrogens is 1. The van der Waals surface area contributed by atoms with Gasteiger partial charge in [-0.25, -0.2) is 0 Å². The van der Waals surface area contributed by atoms with Crippen molar-refractivity contribution in [2.24, 2.45) is 0 Å². The predicted octanol–water partition coefficient (Wildman–Crippen LogP) is -3.04. The molecule has 8 nitrogen and oxygen atoms in total. The van der Waals surface area contributed by atoms with Crippen molar-refractivity contribution in [2.45, 2.75) is 36.1 Å². The molecule has 1 aromatic carbocycles. The Labute approximate surface area is 219 Å². The molecule has 30 heavy (non-hydrogen) atoms. The van der Waals surface area contributed by atoms with Crippen molar-refractivity contribution < 1.29 is 75.7 Å². The molecule has 10 heteroatoms.